The fraction of sp³-hybridized carbons (Fsp3) is 0.645. The van der Waals surface area contributed by atoms with Crippen LogP contribution in [0.15, 0.2) is 37.4 Å². The minimum atomic E-state index is -0.663. The highest BCUT2D eigenvalue weighted by molar-refractivity contribution is 5.75. The van der Waals surface area contributed by atoms with Crippen LogP contribution < -0.4 is 4.74 Å². The van der Waals surface area contributed by atoms with Crippen LogP contribution in [-0.4, -0.2) is 5.97 Å². The lowest BCUT2D eigenvalue weighted by atomic mass is 9.60. The van der Waals surface area contributed by atoms with Crippen molar-refractivity contribution in [3.8, 4) is 5.75 Å². The molecule has 0 bridgehead atoms. The minimum Gasteiger partial charge on any atom is -0.426 e. The van der Waals surface area contributed by atoms with Crippen LogP contribution in [0.1, 0.15) is 89.0 Å². The monoisotopic (exact) mass is 484 g/mol. The van der Waals surface area contributed by atoms with Gasteiger partial charge in [0.15, 0.2) is 0 Å². The zero-order chi connectivity index (χ0) is 24.8. The first-order valence-electron chi connectivity index (χ1n) is 13.9. The second kappa shape index (κ2) is 12.3. The van der Waals surface area contributed by atoms with Gasteiger partial charge >= 0.3 is 5.97 Å². The summed E-state index contributed by atoms with van der Waals surface area (Å²) < 4.78 is 34.0. The number of ether oxygens (including phenoxy) is 1. The summed E-state index contributed by atoms with van der Waals surface area (Å²) in [4.78, 5) is 12.7. The predicted molar refractivity (Wildman–Crippen MR) is 137 cm³/mol. The number of esters is 1. The second-order valence-corrected chi connectivity index (χ2v) is 11.4. The Morgan fingerprint density at radius 1 is 0.829 bits per heavy atom. The van der Waals surface area contributed by atoms with Crippen molar-refractivity contribution < 1.29 is 18.3 Å². The Hall–Kier alpha value is -1.97. The van der Waals surface area contributed by atoms with Gasteiger partial charge in [-0.2, -0.15) is 0 Å². The number of hydrogen-bond acceptors (Lipinski definition) is 2. The number of rotatable bonds is 9. The van der Waals surface area contributed by atoms with Gasteiger partial charge in [-0.3, -0.25) is 4.79 Å². The maximum atomic E-state index is 14.3. The summed E-state index contributed by atoms with van der Waals surface area (Å²) in [7, 11) is 0. The predicted octanol–water partition coefficient (Wildman–Crippen LogP) is 8.59. The molecule has 0 saturated heterocycles. The van der Waals surface area contributed by atoms with E-state index in [4.69, 9.17) is 4.74 Å². The SMILES string of the molecule is C=CCCc1c(F)cc(OC(=O)C2CCC(C3CCC4CC(CCC=C)CCC4C3)CC2)cc1F. The lowest BCUT2D eigenvalue weighted by Gasteiger charge is -2.45. The average Bonchev–Trinajstić information content (AvgIpc) is 2.86. The van der Waals surface area contributed by atoms with Crippen LogP contribution in [0.2, 0.25) is 0 Å². The number of benzene rings is 1. The van der Waals surface area contributed by atoms with Crippen molar-refractivity contribution in [2.24, 2.45) is 35.5 Å². The van der Waals surface area contributed by atoms with E-state index >= 15 is 0 Å². The molecule has 0 aromatic heterocycles. The summed E-state index contributed by atoms with van der Waals surface area (Å²) in [5, 5.41) is 0. The summed E-state index contributed by atoms with van der Waals surface area (Å²) in [6, 6.07) is 2.27. The smallest absolute Gasteiger partial charge is 0.314 e. The first-order valence-corrected chi connectivity index (χ1v) is 13.9. The first kappa shape index (κ1) is 26.1. The van der Waals surface area contributed by atoms with E-state index in [-0.39, 0.29) is 29.6 Å². The molecule has 0 heterocycles. The molecule has 3 aliphatic rings. The summed E-state index contributed by atoms with van der Waals surface area (Å²) in [6.07, 6.45) is 18.9. The van der Waals surface area contributed by atoms with Gasteiger partial charge < -0.3 is 4.74 Å². The Balaban J connectivity index is 1.24. The highest BCUT2D eigenvalue weighted by atomic mass is 19.1. The number of hydrogen-bond donors (Lipinski definition) is 0. The zero-order valence-corrected chi connectivity index (χ0v) is 21.2. The van der Waals surface area contributed by atoms with Crippen LogP contribution >= 0.6 is 0 Å². The zero-order valence-electron chi connectivity index (χ0n) is 21.2. The molecule has 3 fully saturated rings. The highest BCUT2D eigenvalue weighted by Gasteiger charge is 2.39. The third-order valence-corrected chi connectivity index (χ3v) is 9.24. The molecule has 0 spiro atoms. The Morgan fingerprint density at radius 3 is 2.06 bits per heavy atom. The second-order valence-electron chi connectivity index (χ2n) is 11.4. The lowest BCUT2D eigenvalue weighted by Crippen LogP contribution is -2.35. The molecule has 1 aromatic carbocycles. The summed E-state index contributed by atoms with van der Waals surface area (Å²) in [5.74, 6) is 2.35. The normalized spacial score (nSPS) is 30.8. The van der Waals surface area contributed by atoms with E-state index in [2.05, 4.69) is 19.2 Å². The molecule has 1 aromatic rings. The van der Waals surface area contributed by atoms with Crippen LogP contribution in [0.25, 0.3) is 0 Å². The van der Waals surface area contributed by atoms with E-state index in [0.29, 0.717) is 12.3 Å². The van der Waals surface area contributed by atoms with Gasteiger partial charge in [-0.25, -0.2) is 8.78 Å². The third kappa shape index (κ3) is 6.62. The molecule has 3 aliphatic carbocycles. The van der Waals surface area contributed by atoms with Gasteiger partial charge in [0.05, 0.1) is 5.92 Å². The van der Waals surface area contributed by atoms with E-state index in [0.717, 1.165) is 67.9 Å². The van der Waals surface area contributed by atoms with Crippen molar-refractivity contribution in [2.45, 2.75) is 89.9 Å². The van der Waals surface area contributed by atoms with Crippen molar-refractivity contribution in [3.05, 3.63) is 54.6 Å². The molecule has 2 nitrogen and oxygen atoms in total. The van der Waals surface area contributed by atoms with E-state index in [9.17, 15) is 13.6 Å². The maximum absolute atomic E-state index is 14.3. The Labute approximate surface area is 210 Å². The molecule has 3 saturated carbocycles. The van der Waals surface area contributed by atoms with E-state index in [1.807, 2.05) is 0 Å². The number of carbonyl (C=O) groups is 1. The molecule has 35 heavy (non-hydrogen) atoms. The molecular formula is C31H42F2O2. The summed E-state index contributed by atoms with van der Waals surface area (Å²) >= 11 is 0. The van der Waals surface area contributed by atoms with Gasteiger partial charge in [-0.15, -0.1) is 13.2 Å². The quantitative estimate of drug-likeness (QED) is 0.199. The average molecular weight is 485 g/mol. The minimum absolute atomic E-state index is 0.0187. The lowest BCUT2D eigenvalue weighted by molar-refractivity contribution is -0.140. The Bertz CT molecular complexity index is 863. The fourth-order valence-corrected chi connectivity index (χ4v) is 7.22. The van der Waals surface area contributed by atoms with Crippen molar-refractivity contribution in [1.82, 2.24) is 0 Å². The van der Waals surface area contributed by atoms with Crippen LogP contribution in [0.5, 0.6) is 5.75 Å². The topological polar surface area (TPSA) is 26.3 Å². The Kier molecular flexibility index (Phi) is 9.19. The number of halogens is 2. The summed E-state index contributed by atoms with van der Waals surface area (Å²) in [5.41, 5.74) is 0.0187. The van der Waals surface area contributed by atoms with E-state index < -0.39 is 11.6 Å². The molecule has 0 aliphatic heterocycles. The van der Waals surface area contributed by atoms with E-state index in [1.165, 1.54) is 44.9 Å². The van der Waals surface area contributed by atoms with Gasteiger partial charge in [0.1, 0.15) is 17.4 Å². The molecule has 4 rings (SSSR count). The standard InChI is InChI=1S/C31H42F2O2/c1-3-5-7-21-9-10-26-18-25(16-15-24(26)17-21)22-11-13-23(14-12-22)31(34)35-27-19-29(32)28(8-6-4-2)30(33)20-27/h3-4,19-26H,1-2,5-18H2. The number of fused-ring (bicyclic) bond motifs is 1. The fourth-order valence-electron chi connectivity index (χ4n) is 7.22. The molecule has 4 unspecified atom stereocenters. The maximum Gasteiger partial charge on any atom is 0.314 e. The molecule has 4 heteroatoms. The van der Waals surface area contributed by atoms with Crippen molar-refractivity contribution in [3.63, 3.8) is 0 Å². The van der Waals surface area contributed by atoms with Gasteiger partial charge in [0, 0.05) is 17.7 Å². The third-order valence-electron chi connectivity index (χ3n) is 9.24. The van der Waals surface area contributed by atoms with Gasteiger partial charge in [-0.1, -0.05) is 18.6 Å². The number of allylic oxidation sites excluding steroid dienone is 2. The van der Waals surface area contributed by atoms with Gasteiger partial charge in [-0.05, 0) is 113 Å². The van der Waals surface area contributed by atoms with Crippen molar-refractivity contribution in [2.75, 3.05) is 0 Å². The molecule has 0 N–H and O–H groups in total. The van der Waals surface area contributed by atoms with Gasteiger partial charge in [0.2, 0.25) is 0 Å². The Morgan fingerprint density at radius 2 is 1.40 bits per heavy atom. The van der Waals surface area contributed by atoms with Crippen LogP contribution in [0, 0.1) is 47.1 Å². The van der Waals surface area contributed by atoms with Crippen molar-refractivity contribution in [1.29, 1.82) is 0 Å². The van der Waals surface area contributed by atoms with Crippen LogP contribution in [0.3, 0.4) is 0 Å². The molecular weight excluding hydrogens is 442 g/mol. The van der Waals surface area contributed by atoms with E-state index in [1.54, 1.807) is 6.08 Å². The molecule has 0 radical (unpaired) electrons. The highest BCUT2D eigenvalue weighted by Crippen LogP contribution is 2.49. The summed E-state index contributed by atoms with van der Waals surface area (Å²) in [6.45, 7) is 7.47. The first-order chi connectivity index (χ1) is 17.0. The van der Waals surface area contributed by atoms with Crippen molar-refractivity contribution >= 4 is 5.97 Å². The molecule has 192 valence electrons. The largest absolute Gasteiger partial charge is 0.426 e. The van der Waals surface area contributed by atoms with Crippen LogP contribution in [-0.2, 0) is 11.2 Å². The van der Waals surface area contributed by atoms with Gasteiger partial charge in [0.25, 0.3) is 0 Å². The van der Waals surface area contributed by atoms with Crippen LogP contribution in [0.4, 0.5) is 8.78 Å². The number of carbonyl (C=O) groups excluding carboxylic acids is 1. The molecule has 4 atom stereocenters. The molecule has 0 amide bonds.